The van der Waals surface area contributed by atoms with Crippen LogP contribution in [0.5, 0.6) is 0 Å². The quantitative estimate of drug-likeness (QED) is 0.612. The lowest BCUT2D eigenvalue weighted by atomic mass is 9.80. The Labute approximate surface area is 159 Å². The molecule has 0 aliphatic rings. The van der Waals surface area contributed by atoms with Crippen LogP contribution in [-0.4, -0.2) is 29.9 Å². The maximum Gasteiger partial charge on any atom is 0.489 e. The van der Waals surface area contributed by atoms with Crippen LogP contribution in [-0.2, 0) is 23.1 Å². The van der Waals surface area contributed by atoms with Crippen molar-refractivity contribution in [3.05, 3.63) is 96.1 Å². The molecule has 0 aliphatic heterocycles. The lowest BCUT2D eigenvalue weighted by Crippen LogP contribution is -2.39. The number of sulfonamides is 1. The molecule has 0 radical (unpaired) electrons. The van der Waals surface area contributed by atoms with Crippen molar-refractivity contribution in [2.24, 2.45) is 0 Å². The van der Waals surface area contributed by atoms with Crippen LogP contribution in [0.4, 0.5) is 0 Å². The first-order valence-corrected chi connectivity index (χ1v) is 9.95. The average Bonchev–Trinajstić information content (AvgIpc) is 2.69. The summed E-state index contributed by atoms with van der Waals surface area (Å²) in [6.07, 6.45) is 0. The van der Waals surface area contributed by atoms with E-state index in [4.69, 9.17) is 0 Å². The summed E-state index contributed by atoms with van der Waals surface area (Å²) in [4.78, 5) is -0.105. The minimum Gasteiger partial charge on any atom is -0.423 e. The van der Waals surface area contributed by atoms with Crippen molar-refractivity contribution >= 4 is 22.6 Å². The molecular formula is C20H20BNO4S. The zero-order chi connectivity index (χ0) is 19.3. The van der Waals surface area contributed by atoms with Gasteiger partial charge in [0.15, 0.2) is 0 Å². The van der Waals surface area contributed by atoms with Gasteiger partial charge in [0.2, 0.25) is 10.0 Å². The first-order valence-electron chi connectivity index (χ1n) is 8.51. The lowest BCUT2D eigenvalue weighted by molar-refractivity contribution is 0.399. The second-order valence-corrected chi connectivity index (χ2v) is 8.06. The van der Waals surface area contributed by atoms with E-state index in [1.165, 1.54) is 16.4 Å². The summed E-state index contributed by atoms with van der Waals surface area (Å²) in [5.41, 5.74) is 1.65. The monoisotopic (exact) mass is 381 g/mol. The highest BCUT2D eigenvalue weighted by Gasteiger charge is 2.30. The van der Waals surface area contributed by atoms with Crippen LogP contribution in [0.1, 0.15) is 11.1 Å². The maximum absolute atomic E-state index is 13.4. The third-order valence-corrected chi connectivity index (χ3v) is 6.08. The van der Waals surface area contributed by atoms with E-state index in [9.17, 15) is 18.5 Å². The second kappa shape index (κ2) is 8.50. The topological polar surface area (TPSA) is 77.8 Å². The number of hydrogen-bond donors (Lipinski definition) is 2. The summed E-state index contributed by atoms with van der Waals surface area (Å²) in [6, 6.07) is 24.6. The van der Waals surface area contributed by atoms with Crippen molar-refractivity contribution in [3.8, 4) is 0 Å². The molecule has 2 N–H and O–H groups in total. The molecule has 0 atom stereocenters. The highest BCUT2D eigenvalue weighted by Crippen LogP contribution is 2.20. The first kappa shape index (κ1) is 19.3. The molecule has 5 nitrogen and oxygen atoms in total. The number of hydrogen-bond acceptors (Lipinski definition) is 4. The van der Waals surface area contributed by atoms with Gasteiger partial charge in [0.1, 0.15) is 0 Å². The number of benzene rings is 3. The van der Waals surface area contributed by atoms with Crippen LogP contribution in [0.25, 0.3) is 0 Å². The molecule has 0 unspecified atom stereocenters. The summed E-state index contributed by atoms with van der Waals surface area (Å²) in [7, 11) is -5.83. The molecule has 0 aliphatic carbocycles. The number of nitrogens with zero attached hydrogens (tertiary/aromatic N) is 1. The summed E-state index contributed by atoms with van der Waals surface area (Å²) in [6.45, 7) is 0.349. The van der Waals surface area contributed by atoms with Gasteiger partial charge in [-0.25, -0.2) is 8.42 Å². The Kier molecular flexibility index (Phi) is 6.08. The predicted octanol–water partition coefficient (Wildman–Crippen LogP) is 1.76. The van der Waals surface area contributed by atoms with Gasteiger partial charge in [-0.15, -0.1) is 0 Å². The third-order valence-electron chi connectivity index (χ3n) is 4.22. The molecule has 7 heteroatoms. The molecule has 0 spiro atoms. The van der Waals surface area contributed by atoms with Gasteiger partial charge >= 0.3 is 7.12 Å². The highest BCUT2D eigenvalue weighted by atomic mass is 32.2. The van der Waals surface area contributed by atoms with Gasteiger partial charge in [-0.2, -0.15) is 4.31 Å². The minimum absolute atomic E-state index is 0.0383. The van der Waals surface area contributed by atoms with Crippen molar-refractivity contribution < 1.29 is 18.5 Å². The van der Waals surface area contributed by atoms with Crippen LogP contribution >= 0.6 is 0 Å². The number of rotatable bonds is 7. The summed E-state index contributed by atoms with van der Waals surface area (Å²) in [5, 5.41) is 19.2. The Bertz CT molecular complexity index is 938. The molecule has 0 fully saturated rings. The Balaban J connectivity index is 2.03. The van der Waals surface area contributed by atoms with Gasteiger partial charge in [0.05, 0.1) is 4.90 Å². The van der Waals surface area contributed by atoms with Gasteiger partial charge in [0.25, 0.3) is 0 Å². The molecule has 3 aromatic rings. The average molecular weight is 381 g/mol. The van der Waals surface area contributed by atoms with Gasteiger partial charge in [-0.05, 0) is 17.2 Å². The van der Waals surface area contributed by atoms with E-state index in [2.05, 4.69) is 0 Å². The van der Waals surface area contributed by atoms with Gasteiger partial charge in [0, 0.05) is 18.6 Å². The van der Waals surface area contributed by atoms with Crippen LogP contribution < -0.4 is 5.46 Å². The van der Waals surface area contributed by atoms with E-state index in [-0.39, 0.29) is 23.4 Å². The molecule has 0 heterocycles. The van der Waals surface area contributed by atoms with E-state index in [0.29, 0.717) is 0 Å². The fourth-order valence-corrected chi connectivity index (χ4v) is 4.51. The van der Waals surface area contributed by atoms with Gasteiger partial charge in [-0.1, -0.05) is 78.9 Å². The van der Waals surface area contributed by atoms with Crippen LogP contribution in [0.3, 0.4) is 0 Å². The van der Waals surface area contributed by atoms with Crippen molar-refractivity contribution in [2.75, 3.05) is 0 Å². The van der Waals surface area contributed by atoms with Crippen LogP contribution in [0.2, 0.25) is 0 Å². The fourth-order valence-electron chi connectivity index (χ4n) is 2.87. The zero-order valence-corrected chi connectivity index (χ0v) is 15.5. The SMILES string of the molecule is O=S(=O)(c1ccccc1B(O)O)N(Cc1ccccc1)Cc1ccccc1. The molecule has 27 heavy (non-hydrogen) atoms. The van der Waals surface area contributed by atoms with Gasteiger partial charge < -0.3 is 10.0 Å². The Hall–Kier alpha value is -2.45. The van der Waals surface area contributed by atoms with Crippen molar-refractivity contribution in [2.45, 2.75) is 18.0 Å². The molecule has 0 bridgehead atoms. The van der Waals surface area contributed by atoms with E-state index < -0.39 is 17.1 Å². The smallest absolute Gasteiger partial charge is 0.423 e. The molecule has 0 amide bonds. The Morgan fingerprint density at radius 2 is 1.15 bits per heavy atom. The van der Waals surface area contributed by atoms with Crippen LogP contribution in [0.15, 0.2) is 89.8 Å². The summed E-state index contributed by atoms with van der Waals surface area (Å²) in [5.74, 6) is 0. The standard InChI is InChI=1S/C20H20BNO4S/c23-21(24)19-13-7-8-14-20(19)27(25,26)22(15-17-9-3-1-4-10-17)16-18-11-5-2-6-12-18/h1-14,23-24H,15-16H2. The fraction of sp³-hybridized carbons (Fsp3) is 0.100. The molecule has 0 aromatic heterocycles. The van der Waals surface area contributed by atoms with Crippen molar-refractivity contribution in [1.82, 2.24) is 4.31 Å². The minimum atomic E-state index is -3.96. The largest absolute Gasteiger partial charge is 0.489 e. The van der Waals surface area contributed by atoms with E-state index in [0.717, 1.165) is 11.1 Å². The van der Waals surface area contributed by atoms with Crippen molar-refractivity contribution in [1.29, 1.82) is 0 Å². The maximum atomic E-state index is 13.4. The lowest BCUT2D eigenvalue weighted by Gasteiger charge is -2.24. The van der Waals surface area contributed by atoms with Crippen molar-refractivity contribution in [3.63, 3.8) is 0 Å². The Morgan fingerprint density at radius 1 is 0.704 bits per heavy atom. The van der Waals surface area contributed by atoms with Gasteiger partial charge in [-0.3, -0.25) is 0 Å². The predicted molar refractivity (Wildman–Crippen MR) is 106 cm³/mol. The molecule has 3 aromatic carbocycles. The highest BCUT2D eigenvalue weighted by molar-refractivity contribution is 7.89. The third kappa shape index (κ3) is 4.64. The molecule has 0 saturated carbocycles. The van der Waals surface area contributed by atoms with E-state index in [1.807, 2.05) is 60.7 Å². The molecule has 3 rings (SSSR count). The molecular weight excluding hydrogens is 361 g/mol. The second-order valence-electron chi connectivity index (χ2n) is 6.16. The summed E-state index contributed by atoms with van der Waals surface area (Å²) >= 11 is 0. The van der Waals surface area contributed by atoms with E-state index in [1.54, 1.807) is 12.1 Å². The normalized spacial score (nSPS) is 11.5. The first-order chi connectivity index (χ1) is 13.0. The summed E-state index contributed by atoms with van der Waals surface area (Å²) < 4.78 is 28.1. The molecule has 0 saturated heterocycles. The zero-order valence-electron chi connectivity index (χ0n) is 14.6. The Morgan fingerprint density at radius 3 is 1.63 bits per heavy atom. The van der Waals surface area contributed by atoms with Crippen LogP contribution in [0, 0.1) is 0 Å². The molecule has 138 valence electrons. The van der Waals surface area contributed by atoms with E-state index >= 15 is 0 Å².